The minimum Gasteiger partial charge on any atom is -0.361 e. The Labute approximate surface area is 159 Å². The molecular formula is C22H25N3O2. The first-order valence-electron chi connectivity index (χ1n) is 9.24. The van der Waals surface area contributed by atoms with Crippen LogP contribution in [0.2, 0.25) is 0 Å². The summed E-state index contributed by atoms with van der Waals surface area (Å²) in [5, 5.41) is 6.74. The standard InChI is InChI=1S/C22H25N3O2/c1-15(2)16-7-9-18(10-8-16)25-22(27)13-21(26)23-12-11-17-14-24-20-6-4-3-5-19(17)20/h3-10,14-15,24H,11-13H2,1-2H3,(H,23,26)(H,25,27). The fourth-order valence-electron chi connectivity index (χ4n) is 3.04. The molecule has 0 unspecified atom stereocenters. The number of carbonyl (C=O) groups excluding carboxylic acids is 2. The van der Waals surface area contributed by atoms with Crippen molar-refractivity contribution in [3.63, 3.8) is 0 Å². The molecule has 2 aromatic carbocycles. The molecule has 0 saturated heterocycles. The third-order valence-electron chi connectivity index (χ3n) is 4.57. The van der Waals surface area contributed by atoms with Gasteiger partial charge in [-0.3, -0.25) is 9.59 Å². The monoisotopic (exact) mass is 363 g/mol. The van der Waals surface area contributed by atoms with Crippen molar-refractivity contribution in [2.45, 2.75) is 32.6 Å². The van der Waals surface area contributed by atoms with Crippen LogP contribution in [0.4, 0.5) is 5.69 Å². The number of rotatable bonds is 7. The summed E-state index contributed by atoms with van der Waals surface area (Å²) in [6.45, 7) is 4.74. The molecule has 0 aliphatic heterocycles. The van der Waals surface area contributed by atoms with E-state index in [1.807, 2.05) is 48.7 Å². The van der Waals surface area contributed by atoms with Crippen LogP contribution in [0, 0.1) is 0 Å². The lowest BCUT2D eigenvalue weighted by Crippen LogP contribution is -2.29. The first-order chi connectivity index (χ1) is 13.0. The first-order valence-corrected chi connectivity index (χ1v) is 9.24. The second-order valence-electron chi connectivity index (χ2n) is 6.96. The zero-order valence-corrected chi connectivity index (χ0v) is 15.7. The van der Waals surface area contributed by atoms with Gasteiger partial charge in [0.15, 0.2) is 0 Å². The van der Waals surface area contributed by atoms with Gasteiger partial charge in [-0.2, -0.15) is 0 Å². The molecular weight excluding hydrogens is 338 g/mol. The van der Waals surface area contributed by atoms with E-state index >= 15 is 0 Å². The van der Waals surface area contributed by atoms with Gasteiger partial charge in [-0.1, -0.05) is 44.2 Å². The number of fused-ring (bicyclic) bond motifs is 1. The predicted octanol–water partition coefficient (Wildman–Crippen LogP) is 3.98. The molecule has 140 valence electrons. The molecule has 3 aromatic rings. The van der Waals surface area contributed by atoms with Crippen LogP contribution in [0.1, 0.15) is 37.3 Å². The summed E-state index contributed by atoms with van der Waals surface area (Å²) in [5.41, 5.74) is 4.15. The number of hydrogen-bond donors (Lipinski definition) is 3. The van der Waals surface area contributed by atoms with Crippen molar-refractivity contribution >= 4 is 28.4 Å². The Kier molecular flexibility index (Phi) is 5.91. The van der Waals surface area contributed by atoms with Crippen LogP contribution in [-0.2, 0) is 16.0 Å². The van der Waals surface area contributed by atoms with Crippen LogP contribution in [-0.4, -0.2) is 23.3 Å². The van der Waals surface area contributed by atoms with Gasteiger partial charge in [-0.05, 0) is 41.7 Å². The van der Waals surface area contributed by atoms with Gasteiger partial charge in [0.05, 0.1) is 0 Å². The van der Waals surface area contributed by atoms with E-state index in [-0.39, 0.29) is 18.2 Å². The molecule has 2 amide bonds. The van der Waals surface area contributed by atoms with E-state index in [1.165, 1.54) is 5.56 Å². The number of amides is 2. The lowest BCUT2D eigenvalue weighted by atomic mass is 10.0. The molecule has 1 aromatic heterocycles. The van der Waals surface area contributed by atoms with E-state index in [1.54, 1.807) is 0 Å². The molecule has 0 spiro atoms. The van der Waals surface area contributed by atoms with Gasteiger partial charge in [-0.25, -0.2) is 0 Å². The van der Waals surface area contributed by atoms with Gasteiger partial charge in [0.25, 0.3) is 0 Å². The van der Waals surface area contributed by atoms with E-state index in [2.05, 4.69) is 35.5 Å². The Hall–Kier alpha value is -3.08. The molecule has 0 aliphatic rings. The Morgan fingerprint density at radius 3 is 2.48 bits per heavy atom. The maximum atomic E-state index is 12.0. The van der Waals surface area contributed by atoms with E-state index in [9.17, 15) is 9.59 Å². The van der Waals surface area contributed by atoms with Crippen molar-refractivity contribution in [3.8, 4) is 0 Å². The second-order valence-corrected chi connectivity index (χ2v) is 6.96. The van der Waals surface area contributed by atoms with E-state index in [4.69, 9.17) is 0 Å². The van der Waals surface area contributed by atoms with Gasteiger partial charge in [-0.15, -0.1) is 0 Å². The van der Waals surface area contributed by atoms with Gasteiger partial charge < -0.3 is 15.6 Å². The molecule has 27 heavy (non-hydrogen) atoms. The van der Waals surface area contributed by atoms with Crippen molar-refractivity contribution in [1.29, 1.82) is 0 Å². The summed E-state index contributed by atoms with van der Waals surface area (Å²) in [7, 11) is 0. The normalized spacial score (nSPS) is 10.9. The van der Waals surface area contributed by atoms with E-state index in [0.717, 1.165) is 16.5 Å². The summed E-state index contributed by atoms with van der Waals surface area (Å²) in [6.07, 6.45) is 2.50. The van der Waals surface area contributed by atoms with Gasteiger partial charge in [0.2, 0.25) is 11.8 Å². The third-order valence-corrected chi connectivity index (χ3v) is 4.57. The van der Waals surface area contributed by atoms with Crippen LogP contribution in [0.5, 0.6) is 0 Å². The Balaban J connectivity index is 1.44. The molecule has 1 heterocycles. The number of aromatic amines is 1. The van der Waals surface area contributed by atoms with Gasteiger partial charge in [0.1, 0.15) is 6.42 Å². The van der Waals surface area contributed by atoms with E-state index in [0.29, 0.717) is 24.6 Å². The molecule has 5 heteroatoms. The SMILES string of the molecule is CC(C)c1ccc(NC(=O)CC(=O)NCCc2c[nH]c3ccccc23)cc1. The summed E-state index contributed by atoms with van der Waals surface area (Å²) in [5.74, 6) is -0.138. The van der Waals surface area contributed by atoms with Gasteiger partial charge >= 0.3 is 0 Å². The van der Waals surface area contributed by atoms with Crippen molar-refractivity contribution in [1.82, 2.24) is 10.3 Å². The van der Waals surface area contributed by atoms with Crippen LogP contribution in [0.3, 0.4) is 0 Å². The lowest BCUT2D eigenvalue weighted by molar-refractivity contribution is -0.126. The number of hydrogen-bond acceptors (Lipinski definition) is 2. The molecule has 0 atom stereocenters. The lowest BCUT2D eigenvalue weighted by Gasteiger charge is -2.09. The average molecular weight is 363 g/mol. The number of nitrogens with one attached hydrogen (secondary N) is 3. The van der Waals surface area contributed by atoms with Crippen molar-refractivity contribution in [2.75, 3.05) is 11.9 Å². The number of benzene rings is 2. The Morgan fingerprint density at radius 1 is 1.00 bits per heavy atom. The molecule has 3 N–H and O–H groups in total. The molecule has 5 nitrogen and oxygen atoms in total. The highest BCUT2D eigenvalue weighted by atomic mass is 16.2. The number of aromatic nitrogens is 1. The maximum absolute atomic E-state index is 12.0. The minimum atomic E-state index is -0.308. The highest BCUT2D eigenvalue weighted by Gasteiger charge is 2.10. The fraction of sp³-hybridized carbons (Fsp3) is 0.273. The van der Waals surface area contributed by atoms with Crippen molar-refractivity contribution in [2.24, 2.45) is 0 Å². The molecule has 0 bridgehead atoms. The maximum Gasteiger partial charge on any atom is 0.233 e. The minimum absolute atomic E-state index is 0.181. The first kappa shape index (κ1) is 18.7. The van der Waals surface area contributed by atoms with Crippen LogP contribution >= 0.6 is 0 Å². The van der Waals surface area contributed by atoms with Crippen molar-refractivity contribution < 1.29 is 9.59 Å². The molecule has 3 rings (SSSR count). The van der Waals surface area contributed by atoms with Crippen LogP contribution in [0.25, 0.3) is 10.9 Å². The summed E-state index contributed by atoms with van der Waals surface area (Å²) < 4.78 is 0. The number of para-hydroxylation sites is 1. The van der Waals surface area contributed by atoms with Crippen LogP contribution < -0.4 is 10.6 Å². The predicted molar refractivity (Wildman–Crippen MR) is 109 cm³/mol. The Morgan fingerprint density at radius 2 is 1.74 bits per heavy atom. The number of anilines is 1. The fourth-order valence-corrected chi connectivity index (χ4v) is 3.04. The third kappa shape index (κ3) is 4.97. The highest BCUT2D eigenvalue weighted by molar-refractivity contribution is 6.03. The van der Waals surface area contributed by atoms with Crippen molar-refractivity contribution in [3.05, 3.63) is 65.9 Å². The van der Waals surface area contributed by atoms with Gasteiger partial charge in [0, 0.05) is 29.3 Å². The summed E-state index contributed by atoms with van der Waals surface area (Å²) >= 11 is 0. The largest absolute Gasteiger partial charge is 0.361 e. The smallest absolute Gasteiger partial charge is 0.233 e. The Bertz CT molecular complexity index is 926. The zero-order valence-electron chi connectivity index (χ0n) is 15.7. The molecule has 0 saturated carbocycles. The van der Waals surface area contributed by atoms with Crippen LogP contribution in [0.15, 0.2) is 54.7 Å². The summed E-state index contributed by atoms with van der Waals surface area (Å²) in [6, 6.07) is 15.8. The second kappa shape index (κ2) is 8.54. The summed E-state index contributed by atoms with van der Waals surface area (Å²) in [4.78, 5) is 27.3. The molecule has 0 fully saturated rings. The quantitative estimate of drug-likeness (QED) is 0.556. The average Bonchev–Trinajstić information content (AvgIpc) is 3.05. The highest BCUT2D eigenvalue weighted by Crippen LogP contribution is 2.18. The molecule has 0 radical (unpaired) electrons. The number of H-pyrrole nitrogens is 1. The topological polar surface area (TPSA) is 74.0 Å². The number of carbonyl (C=O) groups is 2. The zero-order chi connectivity index (χ0) is 19.2. The van der Waals surface area contributed by atoms with E-state index < -0.39 is 0 Å². The molecule has 0 aliphatic carbocycles.